The summed E-state index contributed by atoms with van der Waals surface area (Å²) < 4.78 is 0. The molecule has 6 nitrogen and oxygen atoms in total. The third kappa shape index (κ3) is 4.52. The zero-order valence-electron chi connectivity index (χ0n) is 15.9. The minimum Gasteiger partial charge on any atom is -0.341 e. The lowest BCUT2D eigenvalue weighted by molar-refractivity contribution is -0.130. The van der Waals surface area contributed by atoms with E-state index in [0.29, 0.717) is 18.1 Å². The van der Waals surface area contributed by atoms with Gasteiger partial charge in [0, 0.05) is 31.7 Å². The van der Waals surface area contributed by atoms with Crippen molar-refractivity contribution in [3.05, 3.63) is 65.7 Å². The highest BCUT2D eigenvalue weighted by Gasteiger charge is 2.21. The van der Waals surface area contributed by atoms with Crippen LogP contribution >= 0.6 is 11.3 Å². The zero-order chi connectivity index (χ0) is 20.1. The number of thiazole rings is 1. The molecule has 0 aliphatic carbocycles. The number of carbonyl (C=O) groups excluding carboxylic acids is 2. The second-order valence-electron chi connectivity index (χ2n) is 6.74. The third-order valence-electron chi connectivity index (χ3n) is 4.77. The SMILES string of the molecule is O=C(NCC(=O)N1CCNCC1)c1nc(-c2ccccc2)c(-c2ccccc2)s1. The average molecular weight is 407 g/mol. The summed E-state index contributed by atoms with van der Waals surface area (Å²) in [5.41, 5.74) is 2.75. The van der Waals surface area contributed by atoms with E-state index in [1.165, 1.54) is 11.3 Å². The fourth-order valence-electron chi connectivity index (χ4n) is 3.25. The lowest BCUT2D eigenvalue weighted by atomic mass is 10.1. The van der Waals surface area contributed by atoms with Crippen LogP contribution in [0.25, 0.3) is 21.7 Å². The van der Waals surface area contributed by atoms with Gasteiger partial charge in [-0.25, -0.2) is 4.98 Å². The lowest BCUT2D eigenvalue weighted by Crippen LogP contribution is -2.49. The van der Waals surface area contributed by atoms with Crippen LogP contribution in [0.4, 0.5) is 0 Å². The quantitative estimate of drug-likeness (QED) is 0.683. The van der Waals surface area contributed by atoms with E-state index in [4.69, 9.17) is 0 Å². The van der Waals surface area contributed by atoms with E-state index in [1.54, 1.807) is 4.90 Å². The first-order chi connectivity index (χ1) is 14.2. The molecular formula is C22H22N4O2S. The highest BCUT2D eigenvalue weighted by Crippen LogP contribution is 2.36. The first-order valence-electron chi connectivity index (χ1n) is 9.61. The first kappa shape index (κ1) is 19.3. The van der Waals surface area contributed by atoms with Crippen molar-refractivity contribution in [2.75, 3.05) is 32.7 Å². The van der Waals surface area contributed by atoms with Crippen molar-refractivity contribution in [3.8, 4) is 21.7 Å². The van der Waals surface area contributed by atoms with Gasteiger partial charge in [-0.15, -0.1) is 11.3 Å². The predicted octanol–water partition coefficient (Wildman–Crippen LogP) is 2.64. The van der Waals surface area contributed by atoms with Gasteiger partial charge in [0.1, 0.15) is 0 Å². The van der Waals surface area contributed by atoms with Crippen LogP contribution in [0, 0.1) is 0 Å². The average Bonchev–Trinajstić information content (AvgIpc) is 3.25. The highest BCUT2D eigenvalue weighted by atomic mass is 32.1. The Morgan fingerprint density at radius 3 is 2.24 bits per heavy atom. The van der Waals surface area contributed by atoms with Crippen LogP contribution < -0.4 is 10.6 Å². The van der Waals surface area contributed by atoms with Gasteiger partial charge >= 0.3 is 0 Å². The standard InChI is InChI=1S/C22H22N4O2S/c27-18(26-13-11-23-12-14-26)15-24-21(28)22-25-19(16-7-3-1-4-8-16)20(29-22)17-9-5-2-6-10-17/h1-10,23H,11-15H2,(H,24,28). The number of nitrogens with zero attached hydrogens (tertiary/aromatic N) is 2. The monoisotopic (exact) mass is 406 g/mol. The van der Waals surface area contributed by atoms with Crippen LogP contribution in [-0.4, -0.2) is 54.4 Å². The van der Waals surface area contributed by atoms with E-state index in [9.17, 15) is 9.59 Å². The fraction of sp³-hybridized carbons (Fsp3) is 0.227. The Morgan fingerprint density at radius 2 is 1.59 bits per heavy atom. The minimum absolute atomic E-state index is 0.0141. The van der Waals surface area contributed by atoms with E-state index in [0.717, 1.165) is 34.8 Å². The molecule has 7 heteroatoms. The number of amides is 2. The maximum Gasteiger partial charge on any atom is 0.280 e. The smallest absolute Gasteiger partial charge is 0.280 e. The molecule has 0 spiro atoms. The Labute approximate surface area is 173 Å². The number of carbonyl (C=O) groups is 2. The van der Waals surface area contributed by atoms with Gasteiger partial charge in [-0.3, -0.25) is 9.59 Å². The van der Waals surface area contributed by atoms with Crippen LogP contribution in [0.3, 0.4) is 0 Å². The number of aromatic nitrogens is 1. The van der Waals surface area contributed by atoms with E-state index < -0.39 is 0 Å². The summed E-state index contributed by atoms with van der Waals surface area (Å²) in [4.78, 5) is 32.4. The summed E-state index contributed by atoms with van der Waals surface area (Å²) in [5, 5.41) is 6.30. The molecule has 29 heavy (non-hydrogen) atoms. The molecule has 0 unspecified atom stereocenters. The largest absolute Gasteiger partial charge is 0.341 e. The first-order valence-corrected chi connectivity index (χ1v) is 10.4. The van der Waals surface area contributed by atoms with Gasteiger partial charge in [0.25, 0.3) is 5.91 Å². The lowest BCUT2D eigenvalue weighted by Gasteiger charge is -2.27. The van der Waals surface area contributed by atoms with Gasteiger partial charge in [-0.2, -0.15) is 0 Å². The molecule has 1 aliphatic rings. The summed E-state index contributed by atoms with van der Waals surface area (Å²) in [6.07, 6.45) is 0. The summed E-state index contributed by atoms with van der Waals surface area (Å²) in [6.45, 7) is 2.89. The summed E-state index contributed by atoms with van der Waals surface area (Å²) in [6, 6.07) is 19.7. The maximum absolute atomic E-state index is 12.7. The summed E-state index contributed by atoms with van der Waals surface area (Å²) >= 11 is 1.34. The number of hydrogen-bond acceptors (Lipinski definition) is 5. The van der Waals surface area contributed by atoms with Crippen LogP contribution in [0.2, 0.25) is 0 Å². The topological polar surface area (TPSA) is 74.3 Å². The normalized spacial score (nSPS) is 13.9. The minimum atomic E-state index is -0.321. The van der Waals surface area contributed by atoms with Crippen molar-refractivity contribution in [3.63, 3.8) is 0 Å². The molecule has 0 bridgehead atoms. The van der Waals surface area contributed by atoms with Gasteiger partial charge in [-0.05, 0) is 5.56 Å². The molecule has 3 aromatic rings. The third-order valence-corrected chi connectivity index (χ3v) is 5.88. The molecule has 4 rings (SSSR count). The van der Waals surface area contributed by atoms with Crippen LogP contribution in [0.15, 0.2) is 60.7 Å². The summed E-state index contributed by atoms with van der Waals surface area (Å²) in [7, 11) is 0. The van der Waals surface area contributed by atoms with Crippen molar-refractivity contribution < 1.29 is 9.59 Å². The van der Waals surface area contributed by atoms with Crippen LogP contribution in [0.5, 0.6) is 0 Å². The molecule has 2 heterocycles. The van der Waals surface area contributed by atoms with Crippen molar-refractivity contribution in [1.29, 1.82) is 0 Å². The second-order valence-corrected chi connectivity index (χ2v) is 7.74. The highest BCUT2D eigenvalue weighted by molar-refractivity contribution is 7.17. The number of nitrogens with one attached hydrogen (secondary N) is 2. The molecular weight excluding hydrogens is 384 g/mol. The Kier molecular flexibility index (Phi) is 5.97. The van der Waals surface area contributed by atoms with Crippen molar-refractivity contribution in [2.45, 2.75) is 0 Å². The van der Waals surface area contributed by atoms with Gasteiger partial charge in [-0.1, -0.05) is 60.7 Å². The van der Waals surface area contributed by atoms with Crippen molar-refractivity contribution in [2.24, 2.45) is 0 Å². The zero-order valence-corrected chi connectivity index (χ0v) is 16.7. The Morgan fingerprint density at radius 1 is 0.966 bits per heavy atom. The number of benzene rings is 2. The van der Waals surface area contributed by atoms with Gasteiger partial charge < -0.3 is 15.5 Å². The van der Waals surface area contributed by atoms with Crippen LogP contribution in [-0.2, 0) is 4.79 Å². The van der Waals surface area contributed by atoms with Crippen molar-refractivity contribution in [1.82, 2.24) is 20.5 Å². The Bertz CT molecular complexity index is 926. The molecule has 2 aromatic carbocycles. The molecule has 1 aliphatic heterocycles. The molecule has 1 saturated heterocycles. The predicted molar refractivity (Wildman–Crippen MR) is 115 cm³/mol. The van der Waals surface area contributed by atoms with E-state index in [-0.39, 0.29) is 18.4 Å². The Balaban J connectivity index is 1.55. The fourth-order valence-corrected chi connectivity index (χ4v) is 4.26. The number of hydrogen-bond donors (Lipinski definition) is 2. The molecule has 0 saturated carbocycles. The Hall–Kier alpha value is -3.03. The summed E-state index contributed by atoms with van der Waals surface area (Å²) in [5.74, 6) is -0.388. The van der Waals surface area contributed by atoms with Gasteiger partial charge in [0.05, 0.1) is 17.1 Å². The molecule has 0 radical (unpaired) electrons. The van der Waals surface area contributed by atoms with E-state index in [1.807, 2.05) is 60.7 Å². The van der Waals surface area contributed by atoms with E-state index >= 15 is 0 Å². The van der Waals surface area contributed by atoms with E-state index in [2.05, 4.69) is 15.6 Å². The molecule has 148 valence electrons. The molecule has 1 fully saturated rings. The number of rotatable bonds is 5. The number of piperazine rings is 1. The maximum atomic E-state index is 12.7. The molecule has 2 N–H and O–H groups in total. The van der Waals surface area contributed by atoms with Gasteiger partial charge in [0.2, 0.25) is 5.91 Å². The van der Waals surface area contributed by atoms with Gasteiger partial charge in [0.15, 0.2) is 5.01 Å². The molecule has 0 atom stereocenters. The molecule has 2 amide bonds. The van der Waals surface area contributed by atoms with Crippen LogP contribution in [0.1, 0.15) is 9.80 Å². The second kappa shape index (κ2) is 8.98. The van der Waals surface area contributed by atoms with Crippen molar-refractivity contribution >= 4 is 23.2 Å². The molecule has 1 aromatic heterocycles.